The molecule has 0 aliphatic rings. The Morgan fingerprint density at radius 3 is 0.540 bits per heavy atom. The molecule has 0 radical (unpaired) electrons. The van der Waals surface area contributed by atoms with Crippen LogP contribution in [-0.4, -0.2) is 117 Å². The topological polar surface area (TPSA) is 223 Å². The highest BCUT2D eigenvalue weighted by Crippen LogP contribution is 2.48. The van der Waals surface area contributed by atoms with E-state index >= 15 is 0 Å². The first kappa shape index (κ1) is 98.9. The Labute approximate surface area is 700 Å². The Bertz CT molecular complexity index is 3290. The summed E-state index contributed by atoms with van der Waals surface area (Å²) in [5.74, 6) is -4.51. The van der Waals surface area contributed by atoms with E-state index in [0.717, 1.165) is 0 Å². The summed E-state index contributed by atoms with van der Waals surface area (Å²) in [6.07, 6.45) is 3.27. The molecule has 0 saturated heterocycles. The van der Waals surface area contributed by atoms with Crippen LogP contribution >= 0.6 is 48.9 Å². The van der Waals surface area contributed by atoms with Crippen molar-refractivity contribution in [1.29, 1.82) is 0 Å². The number of hydrogen-bond acceptors (Lipinski definition) is 20. The monoisotopic (exact) mass is 1640 g/mol. The molecule has 0 heterocycles. The van der Waals surface area contributed by atoms with E-state index in [1.165, 1.54) is 0 Å². The zero-order chi connectivity index (χ0) is 86.1. The third-order valence-corrected chi connectivity index (χ3v) is 21.5. The van der Waals surface area contributed by atoms with Crippen LogP contribution in [0.2, 0.25) is 0 Å². The van der Waals surface area contributed by atoms with Crippen LogP contribution in [0.5, 0.6) is 23.0 Å². The third-order valence-electron chi connectivity index (χ3n) is 20.2. The van der Waals surface area contributed by atoms with Crippen LogP contribution in [0, 0.1) is 5.41 Å². The summed E-state index contributed by atoms with van der Waals surface area (Å²) in [5.41, 5.74) is 2.51. The molecule has 4 aromatic carbocycles. The summed E-state index contributed by atoms with van der Waals surface area (Å²) in [6.45, 7) is 55.6. The molecule has 0 saturated carbocycles. The second-order valence-corrected chi connectivity index (χ2v) is 40.9. The van der Waals surface area contributed by atoms with Gasteiger partial charge in [0.25, 0.3) is 0 Å². The lowest BCUT2D eigenvalue weighted by molar-refractivity contribution is -0.146. The Morgan fingerprint density at radius 2 is 0.416 bits per heavy atom. The van der Waals surface area contributed by atoms with E-state index in [1.807, 2.05) is 242 Å². The van der Waals surface area contributed by atoms with Crippen LogP contribution in [0.1, 0.15) is 361 Å². The highest BCUT2D eigenvalue weighted by Gasteiger charge is 2.41. The molecule has 4 atom stereocenters. The summed E-state index contributed by atoms with van der Waals surface area (Å²) >= 11 is 24.8. The number of rotatable bonds is 36. The summed E-state index contributed by atoms with van der Waals surface area (Å²) in [6, 6.07) is 15.0. The maximum Gasteiger partial charge on any atom is 0.313 e. The number of ether oxygens (including phenoxy) is 8. The van der Waals surface area contributed by atoms with Crippen molar-refractivity contribution < 1.29 is 77.5 Å². The van der Waals surface area contributed by atoms with Crippen molar-refractivity contribution in [3.05, 3.63) is 115 Å². The molecule has 0 aliphatic heterocycles. The van der Waals surface area contributed by atoms with Gasteiger partial charge >= 0.3 is 23.9 Å². The molecule has 4 rings (SSSR count). The molecule has 16 nitrogen and oxygen atoms in total. The van der Waals surface area contributed by atoms with Crippen molar-refractivity contribution in [3.63, 3.8) is 0 Å². The van der Waals surface area contributed by atoms with Gasteiger partial charge in [0.1, 0.15) is 54.8 Å². The smallest absolute Gasteiger partial charge is 0.313 e. The standard InChI is InChI=1S/C93H140O16S4/c1-29-41-102-81(98)61(57-45-65(85(5,6)7)77(94)66(46-57)86(8,9)10)33-37-73(110)106-53-93(54-107-74(111)38-34-62(82(99)103-42-30-2)58-47-67(87(11,12)13)78(95)68(48-58)88(14,15)16,55-108-75(112)39-35-63(83(100)104-43-31-3)59-49-69(89(17,18)19)79(96)70(50-59)90(20,21)22)56-109-76(113)40-36-64(84(101)105-44-32-4)60-51-71(91(23,24)25)80(97)72(52-60)92(26,27)28/h45-52,61-64,94-97H,29-44,53-56H2,1-28H3. The number of esters is 4. The number of carbonyl (C=O) groups excluding carboxylic acids is 4. The molecule has 632 valence electrons. The van der Waals surface area contributed by atoms with Gasteiger partial charge in [-0.15, -0.1) is 0 Å². The minimum atomic E-state index is -1.43. The van der Waals surface area contributed by atoms with E-state index in [1.54, 1.807) is 0 Å². The molecule has 0 fully saturated rings. The zero-order valence-electron chi connectivity index (χ0n) is 73.9. The fraction of sp³-hybridized carbons (Fsp3) is 0.656. The molecule has 0 amide bonds. The van der Waals surface area contributed by atoms with Crippen molar-refractivity contribution in [2.24, 2.45) is 5.41 Å². The van der Waals surface area contributed by atoms with Gasteiger partial charge in [-0.2, -0.15) is 0 Å². The van der Waals surface area contributed by atoms with Gasteiger partial charge in [-0.1, -0.05) is 242 Å². The van der Waals surface area contributed by atoms with Gasteiger partial charge in [-0.25, -0.2) is 0 Å². The number of phenols is 4. The van der Waals surface area contributed by atoms with Gasteiger partial charge in [0.05, 0.1) is 50.1 Å². The average Bonchev–Trinajstić information content (AvgIpc) is 0.789. The van der Waals surface area contributed by atoms with E-state index < -0.39 is 96.3 Å². The molecule has 0 bridgehead atoms. The van der Waals surface area contributed by atoms with E-state index in [4.69, 9.17) is 86.8 Å². The molecule has 0 aromatic heterocycles. The quantitative estimate of drug-likeness (QED) is 0.0189. The fourth-order valence-corrected chi connectivity index (χ4v) is 14.1. The lowest BCUT2D eigenvalue weighted by atomic mass is 9.76. The third kappa shape index (κ3) is 29.0. The van der Waals surface area contributed by atoms with Gasteiger partial charge in [0, 0.05) is 25.7 Å². The van der Waals surface area contributed by atoms with Crippen LogP contribution in [0.4, 0.5) is 0 Å². The van der Waals surface area contributed by atoms with Crippen molar-refractivity contribution in [2.75, 3.05) is 52.9 Å². The lowest BCUT2D eigenvalue weighted by Gasteiger charge is -2.34. The summed E-state index contributed by atoms with van der Waals surface area (Å²) in [7, 11) is 0. The van der Waals surface area contributed by atoms with Crippen molar-refractivity contribution in [3.8, 4) is 23.0 Å². The number of carbonyl (C=O) groups is 4. The highest BCUT2D eigenvalue weighted by atomic mass is 32.1. The van der Waals surface area contributed by atoms with E-state index in [-0.39, 0.29) is 147 Å². The minimum Gasteiger partial charge on any atom is -0.507 e. The predicted molar refractivity (Wildman–Crippen MR) is 472 cm³/mol. The highest BCUT2D eigenvalue weighted by molar-refractivity contribution is 7.80. The van der Waals surface area contributed by atoms with Gasteiger partial charge in [0.2, 0.25) is 0 Å². The summed E-state index contributed by atoms with van der Waals surface area (Å²) < 4.78 is 50.8. The van der Waals surface area contributed by atoms with E-state index in [9.17, 15) is 39.6 Å². The van der Waals surface area contributed by atoms with Crippen molar-refractivity contribution in [1.82, 2.24) is 0 Å². The largest absolute Gasteiger partial charge is 0.507 e. The predicted octanol–water partition coefficient (Wildman–Crippen LogP) is 22.6. The number of benzene rings is 4. The Hall–Kier alpha value is -6.48. The van der Waals surface area contributed by atoms with Crippen LogP contribution < -0.4 is 0 Å². The van der Waals surface area contributed by atoms with Gasteiger partial charge < -0.3 is 58.3 Å². The molecular formula is C93H140O16S4. The maximum atomic E-state index is 14.5. The second-order valence-electron chi connectivity index (χ2n) is 39.0. The number of phenolic OH excluding ortho intramolecular Hbond substituents is 4. The Balaban J connectivity index is 2.00. The lowest BCUT2D eigenvalue weighted by Crippen LogP contribution is -2.43. The average molecular weight is 1640 g/mol. The normalized spacial score (nSPS) is 14.2. The van der Waals surface area contributed by atoms with Crippen LogP contribution in [-0.2, 0) is 100 Å². The first-order valence-electron chi connectivity index (χ1n) is 40.7. The van der Waals surface area contributed by atoms with Gasteiger partial charge in [-0.3, -0.25) is 19.2 Å². The van der Waals surface area contributed by atoms with Crippen molar-refractivity contribution in [2.45, 2.75) is 338 Å². The SMILES string of the molecule is CCCOC(=O)C(CCC(=S)OCC(COC(=S)CCC(C(=O)OCCC)c1cc(C(C)(C)C)c(O)c(C(C)(C)C)c1)(COC(=S)CCC(C(=O)OCCC)c1cc(C(C)(C)C)c(O)c(C(C)(C)C)c1)COC(=S)CCC(C(=O)OCCC)c1cc(C(C)(C)C)c(O)c(C(C)(C)C)c1)c1cc(C(C)(C)C)c(O)c(C(C)(C)C)c1. The van der Waals surface area contributed by atoms with Crippen molar-refractivity contribution >= 4 is 93.0 Å². The van der Waals surface area contributed by atoms with Crippen LogP contribution in [0.25, 0.3) is 0 Å². The molecule has 4 N–H and O–H groups in total. The second kappa shape index (κ2) is 41.1. The number of aromatic hydroxyl groups is 4. The Kier molecular flexibility index (Phi) is 35.9. The van der Waals surface area contributed by atoms with Gasteiger partial charge in [0.15, 0.2) is 20.2 Å². The zero-order valence-corrected chi connectivity index (χ0v) is 77.2. The first-order valence-corrected chi connectivity index (χ1v) is 42.3. The Morgan fingerprint density at radius 1 is 0.274 bits per heavy atom. The maximum absolute atomic E-state index is 14.5. The molecule has 4 unspecified atom stereocenters. The minimum absolute atomic E-state index is 0.0770. The molecular weight excluding hydrogens is 1500 g/mol. The number of hydrogen-bond donors (Lipinski definition) is 4. The molecule has 0 aliphatic carbocycles. The van der Waals surface area contributed by atoms with Crippen LogP contribution in [0.3, 0.4) is 0 Å². The molecule has 113 heavy (non-hydrogen) atoms. The van der Waals surface area contributed by atoms with E-state index in [2.05, 4.69) is 0 Å². The fourth-order valence-electron chi connectivity index (χ4n) is 13.4. The molecule has 0 spiro atoms. The van der Waals surface area contributed by atoms with Crippen LogP contribution in [0.15, 0.2) is 48.5 Å². The summed E-state index contributed by atoms with van der Waals surface area (Å²) in [4.78, 5) is 57.9. The number of thiocarbonyl (C=S) groups is 4. The molecule has 4 aromatic rings. The van der Waals surface area contributed by atoms with Gasteiger partial charge in [-0.05, 0) is 210 Å². The first-order chi connectivity index (χ1) is 51.9. The molecule has 20 heteroatoms. The van der Waals surface area contributed by atoms with E-state index in [0.29, 0.717) is 92.4 Å². The summed E-state index contributed by atoms with van der Waals surface area (Å²) in [5, 5.41) is 47.8.